The Kier molecular flexibility index (Phi) is 10.2. The molecule has 0 aliphatic carbocycles. The summed E-state index contributed by atoms with van der Waals surface area (Å²) in [5, 5.41) is 14.7. The maximum absolute atomic E-state index is 12.2. The Labute approximate surface area is 189 Å². The number of aliphatic carboxylic acids is 1. The van der Waals surface area contributed by atoms with Crippen LogP contribution >= 0.6 is 0 Å². The monoisotopic (exact) mass is 440 g/mol. The largest absolute Gasteiger partial charge is 0.480 e. The van der Waals surface area contributed by atoms with E-state index in [2.05, 4.69) is 10.6 Å². The number of rotatable bonds is 12. The highest BCUT2D eigenvalue weighted by Crippen LogP contribution is 2.12. The van der Waals surface area contributed by atoms with Crippen LogP contribution in [0.2, 0.25) is 0 Å². The Bertz CT molecular complexity index is 898. The molecule has 0 aliphatic rings. The summed E-state index contributed by atoms with van der Waals surface area (Å²) in [6.45, 7) is 4.66. The van der Waals surface area contributed by atoms with Gasteiger partial charge in [-0.3, -0.25) is 4.79 Å². The van der Waals surface area contributed by atoms with Crippen LogP contribution in [0.5, 0.6) is 0 Å². The number of nitrogens with one attached hydrogen (secondary N) is 2. The third kappa shape index (κ3) is 9.20. The van der Waals surface area contributed by atoms with Crippen molar-refractivity contribution in [2.75, 3.05) is 6.54 Å². The molecule has 7 heteroatoms. The van der Waals surface area contributed by atoms with Gasteiger partial charge in [0.25, 0.3) is 0 Å². The van der Waals surface area contributed by atoms with E-state index in [1.54, 1.807) is 0 Å². The third-order valence-electron chi connectivity index (χ3n) is 5.21. The molecule has 0 aliphatic heterocycles. The average molecular weight is 441 g/mol. The third-order valence-corrected chi connectivity index (χ3v) is 5.21. The predicted molar refractivity (Wildman–Crippen MR) is 122 cm³/mol. The predicted octanol–water partition coefficient (Wildman–Crippen LogP) is 3.90. The van der Waals surface area contributed by atoms with E-state index in [4.69, 9.17) is 4.74 Å². The summed E-state index contributed by atoms with van der Waals surface area (Å²) in [6.07, 6.45) is 2.08. The topological polar surface area (TPSA) is 105 Å². The molecular formula is C25H32N2O5. The quantitative estimate of drug-likeness (QED) is 0.434. The molecule has 2 aromatic carbocycles. The summed E-state index contributed by atoms with van der Waals surface area (Å²) in [4.78, 5) is 35.4. The van der Waals surface area contributed by atoms with E-state index in [1.807, 2.05) is 62.4 Å². The summed E-state index contributed by atoms with van der Waals surface area (Å²) in [6, 6.07) is 14.3. The van der Waals surface area contributed by atoms with Crippen LogP contribution in [-0.4, -0.2) is 35.7 Å². The number of carboxylic acids is 1. The molecule has 0 aromatic heterocycles. The van der Waals surface area contributed by atoms with Gasteiger partial charge >= 0.3 is 12.1 Å². The highest BCUT2D eigenvalue weighted by molar-refractivity contribution is 5.83. The second-order valence-corrected chi connectivity index (χ2v) is 7.88. The highest BCUT2D eigenvalue weighted by Gasteiger charge is 2.20. The Morgan fingerprint density at radius 3 is 2.38 bits per heavy atom. The minimum atomic E-state index is -1.05. The number of hydrogen-bond acceptors (Lipinski definition) is 4. The van der Waals surface area contributed by atoms with E-state index in [1.165, 1.54) is 0 Å². The van der Waals surface area contributed by atoms with Crippen molar-refractivity contribution in [1.82, 2.24) is 10.6 Å². The van der Waals surface area contributed by atoms with Crippen molar-refractivity contribution in [2.24, 2.45) is 0 Å². The number of alkyl carbamates (subject to hydrolysis) is 1. The fourth-order valence-corrected chi connectivity index (χ4v) is 3.18. The van der Waals surface area contributed by atoms with E-state index >= 15 is 0 Å². The van der Waals surface area contributed by atoms with Crippen LogP contribution in [-0.2, 0) is 27.4 Å². The molecule has 2 amide bonds. The van der Waals surface area contributed by atoms with Gasteiger partial charge in [-0.2, -0.15) is 0 Å². The van der Waals surface area contributed by atoms with Gasteiger partial charge in [0.1, 0.15) is 12.6 Å². The van der Waals surface area contributed by atoms with Crippen LogP contribution in [0.3, 0.4) is 0 Å². The van der Waals surface area contributed by atoms with E-state index in [9.17, 15) is 19.5 Å². The molecule has 0 saturated carbocycles. The van der Waals surface area contributed by atoms with Gasteiger partial charge in [0.15, 0.2) is 0 Å². The molecule has 0 unspecified atom stereocenters. The van der Waals surface area contributed by atoms with Crippen molar-refractivity contribution in [3.8, 4) is 0 Å². The molecule has 2 rings (SSSR count). The zero-order chi connectivity index (χ0) is 23.3. The first kappa shape index (κ1) is 24.9. The first-order chi connectivity index (χ1) is 15.3. The minimum Gasteiger partial charge on any atom is -0.480 e. The number of ether oxygens (including phenoxy) is 1. The number of carboxylic acid groups (broad SMARTS) is 1. The Hall–Kier alpha value is -3.35. The lowest BCUT2D eigenvalue weighted by Gasteiger charge is -2.15. The summed E-state index contributed by atoms with van der Waals surface area (Å²) in [5.74, 6) is -1.33. The molecule has 2 aromatic rings. The lowest BCUT2D eigenvalue weighted by atomic mass is 10.0. The van der Waals surface area contributed by atoms with Crippen molar-refractivity contribution >= 4 is 18.0 Å². The zero-order valence-corrected chi connectivity index (χ0v) is 18.7. The van der Waals surface area contributed by atoms with Crippen molar-refractivity contribution in [3.05, 3.63) is 70.8 Å². The summed E-state index contributed by atoms with van der Waals surface area (Å²) >= 11 is 0. The molecular weight excluding hydrogens is 408 g/mol. The fraction of sp³-hybridized carbons (Fsp3) is 0.400. The number of benzene rings is 2. The van der Waals surface area contributed by atoms with Gasteiger partial charge in [-0.05, 0) is 48.9 Å². The van der Waals surface area contributed by atoms with E-state index in [0.717, 1.165) is 28.7 Å². The van der Waals surface area contributed by atoms with E-state index < -0.39 is 18.1 Å². The van der Waals surface area contributed by atoms with Crippen LogP contribution in [0.25, 0.3) is 0 Å². The molecule has 172 valence electrons. The maximum atomic E-state index is 12.2. The first-order valence-electron chi connectivity index (χ1n) is 10.9. The smallest absolute Gasteiger partial charge is 0.407 e. The fourth-order valence-electron chi connectivity index (χ4n) is 3.18. The van der Waals surface area contributed by atoms with Gasteiger partial charge in [0, 0.05) is 19.4 Å². The number of amides is 2. The molecule has 1 atom stereocenters. The van der Waals surface area contributed by atoms with Crippen LogP contribution in [0.1, 0.15) is 47.9 Å². The summed E-state index contributed by atoms with van der Waals surface area (Å²) in [7, 11) is 0. The molecule has 32 heavy (non-hydrogen) atoms. The molecule has 0 spiro atoms. The van der Waals surface area contributed by atoms with E-state index in [-0.39, 0.29) is 25.4 Å². The van der Waals surface area contributed by atoms with E-state index in [0.29, 0.717) is 19.4 Å². The molecule has 0 heterocycles. The van der Waals surface area contributed by atoms with Crippen molar-refractivity contribution < 1.29 is 24.2 Å². The first-order valence-corrected chi connectivity index (χ1v) is 10.9. The van der Waals surface area contributed by atoms with Crippen LogP contribution < -0.4 is 10.6 Å². The van der Waals surface area contributed by atoms with Crippen molar-refractivity contribution in [2.45, 2.75) is 58.6 Å². The molecule has 7 nitrogen and oxygen atoms in total. The van der Waals surface area contributed by atoms with Gasteiger partial charge in [0.05, 0.1) is 0 Å². The Morgan fingerprint density at radius 1 is 0.938 bits per heavy atom. The van der Waals surface area contributed by atoms with Crippen molar-refractivity contribution in [1.29, 1.82) is 0 Å². The standard InChI is InChI=1S/C25H32N2O5/c1-18-12-13-21(15-19(18)2)16-22(24(29)30)27-23(28)11-7-4-8-14-26-25(31)32-17-20-9-5-3-6-10-20/h3,5-6,9-10,12-13,15,22H,4,7-8,11,14,16-17H2,1-2H3,(H,26,31)(H,27,28)(H,29,30)/t22-/m1/s1. The molecule has 0 saturated heterocycles. The second kappa shape index (κ2) is 13.1. The highest BCUT2D eigenvalue weighted by atomic mass is 16.5. The normalized spacial score (nSPS) is 11.4. The lowest BCUT2D eigenvalue weighted by Crippen LogP contribution is -2.42. The van der Waals surface area contributed by atoms with Gasteiger partial charge in [-0.15, -0.1) is 0 Å². The van der Waals surface area contributed by atoms with Crippen LogP contribution in [0.4, 0.5) is 4.79 Å². The maximum Gasteiger partial charge on any atom is 0.407 e. The summed E-state index contributed by atoms with van der Waals surface area (Å²) < 4.78 is 5.13. The van der Waals surface area contributed by atoms with Crippen molar-refractivity contribution in [3.63, 3.8) is 0 Å². The van der Waals surface area contributed by atoms with Crippen LogP contribution in [0, 0.1) is 13.8 Å². The van der Waals surface area contributed by atoms with Gasteiger partial charge in [-0.25, -0.2) is 9.59 Å². The number of aryl methyl sites for hydroxylation is 2. The SMILES string of the molecule is Cc1ccc(C[C@@H](NC(=O)CCCCCNC(=O)OCc2ccccc2)C(=O)O)cc1C. The van der Waals surface area contributed by atoms with Gasteiger partial charge in [-0.1, -0.05) is 55.0 Å². The molecule has 0 fully saturated rings. The summed E-state index contributed by atoms with van der Waals surface area (Å²) in [5.41, 5.74) is 4.04. The molecule has 0 radical (unpaired) electrons. The zero-order valence-electron chi connectivity index (χ0n) is 18.7. The number of carbonyl (C=O) groups excluding carboxylic acids is 2. The lowest BCUT2D eigenvalue weighted by molar-refractivity contribution is -0.141. The van der Waals surface area contributed by atoms with Crippen LogP contribution in [0.15, 0.2) is 48.5 Å². The Morgan fingerprint density at radius 2 is 1.69 bits per heavy atom. The Balaban J connectivity index is 1.60. The number of unbranched alkanes of at least 4 members (excludes halogenated alkanes) is 2. The average Bonchev–Trinajstić information content (AvgIpc) is 2.77. The van der Waals surface area contributed by atoms with Gasteiger partial charge in [0.2, 0.25) is 5.91 Å². The number of carbonyl (C=O) groups is 3. The molecule has 3 N–H and O–H groups in total. The van der Waals surface area contributed by atoms with Gasteiger partial charge < -0.3 is 20.5 Å². The minimum absolute atomic E-state index is 0.222. The number of hydrogen-bond donors (Lipinski definition) is 3. The molecule has 0 bridgehead atoms. The second-order valence-electron chi connectivity index (χ2n) is 7.88.